The molecule has 3 nitrogen and oxygen atoms in total. The number of nitrogens with zero attached hydrogens (tertiary/aromatic N) is 1. The molecule has 88 valence electrons. The first-order valence-corrected chi connectivity index (χ1v) is 6.49. The number of nitrogens with two attached hydrogens (primary N) is 1. The summed E-state index contributed by atoms with van der Waals surface area (Å²) in [5.74, 6) is 0. The van der Waals surface area contributed by atoms with E-state index in [0.717, 1.165) is 21.8 Å². The zero-order valence-electron chi connectivity index (χ0n) is 9.43. The van der Waals surface area contributed by atoms with E-state index in [2.05, 4.69) is 10.3 Å². The van der Waals surface area contributed by atoms with Gasteiger partial charge in [-0.15, -0.1) is 11.3 Å². The highest BCUT2D eigenvalue weighted by Gasteiger charge is 2.07. The maximum absolute atomic E-state index is 5.71. The van der Waals surface area contributed by atoms with Gasteiger partial charge >= 0.3 is 0 Å². The van der Waals surface area contributed by atoms with Crippen LogP contribution in [0.15, 0.2) is 29.8 Å². The molecule has 0 aliphatic rings. The molecular formula is C12H13N3S2. The summed E-state index contributed by atoms with van der Waals surface area (Å²) in [6, 6.07) is 5.92. The van der Waals surface area contributed by atoms with Crippen LogP contribution in [-0.4, -0.2) is 9.97 Å². The molecule has 2 aromatic rings. The number of anilines is 1. The average Bonchev–Trinajstić information content (AvgIpc) is 2.80. The van der Waals surface area contributed by atoms with Gasteiger partial charge in [-0.05, 0) is 18.6 Å². The van der Waals surface area contributed by atoms with Crippen LogP contribution < -0.4 is 11.1 Å². The molecule has 3 N–H and O–H groups in total. The van der Waals surface area contributed by atoms with Gasteiger partial charge in [0.05, 0.1) is 6.54 Å². The van der Waals surface area contributed by atoms with Crippen LogP contribution in [0.2, 0.25) is 0 Å². The summed E-state index contributed by atoms with van der Waals surface area (Å²) in [7, 11) is 0. The Kier molecular flexibility index (Phi) is 3.71. The molecule has 0 radical (unpaired) electrons. The van der Waals surface area contributed by atoms with Gasteiger partial charge in [0.2, 0.25) is 0 Å². The van der Waals surface area contributed by atoms with Crippen molar-refractivity contribution >= 4 is 34.2 Å². The van der Waals surface area contributed by atoms with E-state index in [1.54, 1.807) is 17.5 Å². The SMILES string of the molecule is Cc1cccc(C(N)=S)c1NCc1nccs1. The number of thiazole rings is 1. The largest absolute Gasteiger partial charge is 0.389 e. The minimum absolute atomic E-state index is 0.412. The van der Waals surface area contributed by atoms with Crippen molar-refractivity contribution in [2.24, 2.45) is 5.73 Å². The smallest absolute Gasteiger partial charge is 0.112 e. The second kappa shape index (κ2) is 5.25. The second-order valence-electron chi connectivity index (χ2n) is 3.64. The molecule has 0 atom stereocenters. The van der Waals surface area contributed by atoms with E-state index in [4.69, 9.17) is 18.0 Å². The van der Waals surface area contributed by atoms with Gasteiger partial charge in [0.1, 0.15) is 10.00 Å². The topological polar surface area (TPSA) is 50.9 Å². The Morgan fingerprint density at radius 2 is 2.35 bits per heavy atom. The third kappa shape index (κ3) is 2.81. The minimum Gasteiger partial charge on any atom is -0.389 e. The predicted molar refractivity (Wildman–Crippen MR) is 76.5 cm³/mol. The summed E-state index contributed by atoms with van der Waals surface area (Å²) in [5.41, 5.74) is 8.72. The van der Waals surface area contributed by atoms with Crippen molar-refractivity contribution in [3.8, 4) is 0 Å². The molecule has 0 unspecified atom stereocenters. The van der Waals surface area contributed by atoms with Crippen LogP contribution in [-0.2, 0) is 6.54 Å². The summed E-state index contributed by atoms with van der Waals surface area (Å²) in [6.07, 6.45) is 1.80. The quantitative estimate of drug-likeness (QED) is 0.833. The summed E-state index contributed by atoms with van der Waals surface area (Å²) in [6.45, 7) is 2.73. The maximum Gasteiger partial charge on any atom is 0.112 e. The first kappa shape index (κ1) is 12.0. The van der Waals surface area contributed by atoms with Gasteiger partial charge in [-0.25, -0.2) is 4.98 Å². The van der Waals surface area contributed by atoms with Gasteiger partial charge in [0.15, 0.2) is 0 Å². The molecule has 0 saturated carbocycles. The van der Waals surface area contributed by atoms with Crippen molar-refractivity contribution in [2.75, 3.05) is 5.32 Å². The lowest BCUT2D eigenvalue weighted by molar-refractivity contribution is 1.10. The van der Waals surface area contributed by atoms with Gasteiger partial charge in [-0.2, -0.15) is 0 Å². The van der Waals surface area contributed by atoms with Crippen LogP contribution in [0.3, 0.4) is 0 Å². The summed E-state index contributed by atoms with van der Waals surface area (Å²) < 4.78 is 0. The number of nitrogens with one attached hydrogen (secondary N) is 1. The Morgan fingerprint density at radius 3 is 3.00 bits per heavy atom. The number of aromatic nitrogens is 1. The fourth-order valence-corrected chi connectivity index (χ4v) is 2.34. The molecule has 0 saturated heterocycles. The number of benzene rings is 1. The molecule has 5 heteroatoms. The lowest BCUT2D eigenvalue weighted by Crippen LogP contribution is -2.14. The summed E-state index contributed by atoms with van der Waals surface area (Å²) in [5, 5.41) is 6.35. The van der Waals surface area contributed by atoms with Crippen molar-refractivity contribution in [1.29, 1.82) is 0 Å². The van der Waals surface area contributed by atoms with E-state index < -0.39 is 0 Å². The Hall–Kier alpha value is -1.46. The van der Waals surface area contributed by atoms with E-state index in [1.165, 1.54) is 0 Å². The van der Waals surface area contributed by atoms with E-state index in [9.17, 15) is 0 Å². The van der Waals surface area contributed by atoms with Crippen LogP contribution in [0.5, 0.6) is 0 Å². The Labute approximate surface area is 110 Å². The van der Waals surface area contributed by atoms with Crippen LogP contribution in [0.1, 0.15) is 16.1 Å². The standard InChI is InChI=1S/C12H13N3S2/c1-8-3-2-4-9(12(13)16)11(8)15-7-10-14-5-6-17-10/h2-6,15H,7H2,1H3,(H2,13,16). The van der Waals surface area contributed by atoms with Crippen molar-refractivity contribution in [3.63, 3.8) is 0 Å². The third-order valence-corrected chi connectivity index (χ3v) is 3.44. The third-order valence-electron chi connectivity index (χ3n) is 2.44. The number of rotatable bonds is 4. The molecule has 0 amide bonds. The van der Waals surface area contributed by atoms with E-state index >= 15 is 0 Å². The Balaban J connectivity index is 2.22. The van der Waals surface area contributed by atoms with Gasteiger partial charge in [0.25, 0.3) is 0 Å². The number of para-hydroxylation sites is 1. The van der Waals surface area contributed by atoms with Crippen LogP contribution in [0.25, 0.3) is 0 Å². The number of aryl methyl sites for hydroxylation is 1. The van der Waals surface area contributed by atoms with Crippen molar-refractivity contribution in [1.82, 2.24) is 4.98 Å². The van der Waals surface area contributed by atoms with Crippen molar-refractivity contribution < 1.29 is 0 Å². The zero-order valence-corrected chi connectivity index (χ0v) is 11.1. The molecule has 17 heavy (non-hydrogen) atoms. The predicted octanol–water partition coefficient (Wildman–Crippen LogP) is 2.70. The molecule has 0 fully saturated rings. The highest BCUT2D eigenvalue weighted by Crippen LogP contribution is 2.21. The molecular weight excluding hydrogens is 250 g/mol. The Bertz CT molecular complexity index is 521. The first-order chi connectivity index (χ1) is 8.18. The highest BCUT2D eigenvalue weighted by atomic mass is 32.1. The van der Waals surface area contributed by atoms with E-state index in [0.29, 0.717) is 11.5 Å². The fraction of sp³-hybridized carbons (Fsp3) is 0.167. The molecule has 0 bridgehead atoms. The zero-order chi connectivity index (χ0) is 12.3. The molecule has 0 aliphatic heterocycles. The van der Waals surface area contributed by atoms with Gasteiger partial charge < -0.3 is 11.1 Å². The van der Waals surface area contributed by atoms with Crippen molar-refractivity contribution in [3.05, 3.63) is 45.9 Å². The lowest BCUT2D eigenvalue weighted by atomic mass is 10.1. The van der Waals surface area contributed by atoms with Crippen LogP contribution in [0, 0.1) is 6.92 Å². The van der Waals surface area contributed by atoms with Crippen LogP contribution in [0.4, 0.5) is 5.69 Å². The lowest BCUT2D eigenvalue weighted by Gasteiger charge is -2.13. The maximum atomic E-state index is 5.71. The number of thiocarbonyl (C=S) groups is 1. The molecule has 0 aliphatic carbocycles. The minimum atomic E-state index is 0.412. The first-order valence-electron chi connectivity index (χ1n) is 5.20. The average molecular weight is 263 g/mol. The summed E-state index contributed by atoms with van der Waals surface area (Å²) >= 11 is 6.67. The normalized spacial score (nSPS) is 10.2. The van der Waals surface area contributed by atoms with Gasteiger partial charge in [0, 0.05) is 22.8 Å². The second-order valence-corrected chi connectivity index (χ2v) is 5.06. The monoisotopic (exact) mass is 263 g/mol. The fourth-order valence-electron chi connectivity index (χ4n) is 1.61. The number of hydrogen-bond donors (Lipinski definition) is 2. The van der Waals surface area contributed by atoms with E-state index in [-0.39, 0.29) is 0 Å². The number of hydrogen-bond acceptors (Lipinski definition) is 4. The molecule has 1 aromatic heterocycles. The van der Waals surface area contributed by atoms with Gasteiger partial charge in [-0.1, -0.05) is 24.4 Å². The van der Waals surface area contributed by atoms with Crippen molar-refractivity contribution in [2.45, 2.75) is 13.5 Å². The highest BCUT2D eigenvalue weighted by molar-refractivity contribution is 7.80. The Morgan fingerprint density at radius 1 is 1.53 bits per heavy atom. The van der Waals surface area contributed by atoms with Gasteiger partial charge in [-0.3, -0.25) is 0 Å². The molecule has 2 rings (SSSR count). The molecule has 1 aromatic carbocycles. The molecule has 0 spiro atoms. The molecule has 1 heterocycles. The summed E-state index contributed by atoms with van der Waals surface area (Å²) in [4.78, 5) is 4.64. The van der Waals surface area contributed by atoms with E-state index in [1.807, 2.05) is 30.5 Å². The van der Waals surface area contributed by atoms with Crippen LogP contribution >= 0.6 is 23.6 Å².